The first-order valence-electron chi connectivity index (χ1n) is 6.54. The first-order valence-corrected chi connectivity index (χ1v) is 7.36. The number of carbonyl (C=O) groups is 1. The number of nitrogens with one attached hydrogen (secondary N) is 1. The van der Waals surface area contributed by atoms with Crippen LogP contribution in [0.3, 0.4) is 0 Å². The van der Waals surface area contributed by atoms with E-state index >= 15 is 0 Å². The fraction of sp³-hybridized carbons (Fsp3) is 0.333. The molecule has 0 spiro atoms. The highest BCUT2D eigenvalue weighted by Gasteiger charge is 2.13. The summed E-state index contributed by atoms with van der Waals surface area (Å²) in [6.07, 6.45) is 1.79. The molecule has 0 aliphatic heterocycles. The number of anilines is 1. The number of rotatable bonds is 5. The molecule has 2 aromatic rings. The van der Waals surface area contributed by atoms with Crippen molar-refractivity contribution in [2.45, 2.75) is 19.8 Å². The van der Waals surface area contributed by atoms with Crippen molar-refractivity contribution in [3.63, 3.8) is 0 Å². The molecule has 0 saturated carbocycles. The lowest BCUT2D eigenvalue weighted by Gasteiger charge is -2.09. The fourth-order valence-corrected chi connectivity index (χ4v) is 2.57. The van der Waals surface area contributed by atoms with Crippen molar-refractivity contribution in [2.75, 3.05) is 19.5 Å². The number of benzene rings is 1. The van der Waals surface area contributed by atoms with Gasteiger partial charge in [-0.25, -0.2) is 4.98 Å². The van der Waals surface area contributed by atoms with Gasteiger partial charge in [-0.15, -0.1) is 11.3 Å². The zero-order valence-corrected chi connectivity index (χ0v) is 13.3. The SMILES string of the molecule is COc1ccc(C(=O)Nc2ncc(C(C)C)s2)cc1OC. The zero-order valence-electron chi connectivity index (χ0n) is 12.5. The van der Waals surface area contributed by atoms with Gasteiger partial charge < -0.3 is 9.47 Å². The predicted octanol–water partition coefficient (Wildman–Crippen LogP) is 3.54. The van der Waals surface area contributed by atoms with Crippen molar-refractivity contribution in [1.82, 2.24) is 4.98 Å². The van der Waals surface area contributed by atoms with Gasteiger partial charge in [-0.2, -0.15) is 0 Å². The van der Waals surface area contributed by atoms with E-state index in [2.05, 4.69) is 24.1 Å². The van der Waals surface area contributed by atoms with E-state index in [1.54, 1.807) is 31.5 Å². The number of hydrogen-bond acceptors (Lipinski definition) is 5. The summed E-state index contributed by atoms with van der Waals surface area (Å²) in [7, 11) is 3.09. The molecule has 2 rings (SSSR count). The Labute approximate surface area is 127 Å². The Morgan fingerprint density at radius 2 is 1.95 bits per heavy atom. The van der Waals surface area contributed by atoms with E-state index in [-0.39, 0.29) is 5.91 Å². The highest BCUT2D eigenvalue weighted by atomic mass is 32.1. The monoisotopic (exact) mass is 306 g/mol. The molecule has 0 atom stereocenters. The van der Waals surface area contributed by atoms with Crippen LogP contribution in [-0.4, -0.2) is 25.1 Å². The molecule has 1 aromatic carbocycles. The molecule has 6 heteroatoms. The molecule has 1 aromatic heterocycles. The third-order valence-electron chi connectivity index (χ3n) is 2.96. The number of hydrogen-bond donors (Lipinski definition) is 1. The van der Waals surface area contributed by atoms with E-state index in [1.165, 1.54) is 18.4 Å². The van der Waals surface area contributed by atoms with Crippen LogP contribution in [-0.2, 0) is 0 Å². The Morgan fingerprint density at radius 1 is 1.24 bits per heavy atom. The quantitative estimate of drug-likeness (QED) is 0.918. The van der Waals surface area contributed by atoms with E-state index in [4.69, 9.17) is 9.47 Å². The molecule has 112 valence electrons. The Morgan fingerprint density at radius 3 is 2.52 bits per heavy atom. The molecule has 1 amide bonds. The lowest BCUT2D eigenvalue weighted by atomic mass is 10.2. The minimum Gasteiger partial charge on any atom is -0.493 e. The maximum absolute atomic E-state index is 12.2. The Hall–Kier alpha value is -2.08. The standard InChI is InChI=1S/C15H18N2O3S/c1-9(2)13-8-16-15(21-13)17-14(18)10-5-6-11(19-3)12(7-10)20-4/h5-9H,1-4H3,(H,16,17,18). The van der Waals surface area contributed by atoms with E-state index in [0.29, 0.717) is 28.1 Å². The number of methoxy groups -OCH3 is 2. The molecule has 0 bridgehead atoms. The second-order valence-corrected chi connectivity index (χ2v) is 5.81. The summed E-state index contributed by atoms with van der Waals surface area (Å²) in [6, 6.07) is 5.04. The minimum atomic E-state index is -0.222. The summed E-state index contributed by atoms with van der Waals surface area (Å²) in [5.74, 6) is 1.28. The third kappa shape index (κ3) is 3.52. The predicted molar refractivity (Wildman–Crippen MR) is 83.7 cm³/mol. The van der Waals surface area contributed by atoms with E-state index < -0.39 is 0 Å². The third-order valence-corrected chi connectivity index (χ3v) is 4.17. The zero-order chi connectivity index (χ0) is 15.4. The summed E-state index contributed by atoms with van der Waals surface area (Å²) in [5, 5.41) is 3.39. The van der Waals surface area contributed by atoms with Crippen molar-refractivity contribution in [3.8, 4) is 11.5 Å². The summed E-state index contributed by atoms with van der Waals surface area (Å²) in [6.45, 7) is 4.18. The Kier molecular flexibility index (Phi) is 4.80. The molecule has 5 nitrogen and oxygen atoms in total. The van der Waals surface area contributed by atoms with Crippen molar-refractivity contribution in [1.29, 1.82) is 0 Å². The number of amides is 1. The van der Waals surface area contributed by atoms with Crippen LogP contribution in [0.5, 0.6) is 11.5 Å². The number of carbonyl (C=O) groups excluding carboxylic acids is 1. The summed E-state index contributed by atoms with van der Waals surface area (Å²) < 4.78 is 10.3. The van der Waals surface area contributed by atoms with E-state index in [1.807, 2.05) is 0 Å². The molecule has 0 radical (unpaired) electrons. The highest BCUT2D eigenvalue weighted by Crippen LogP contribution is 2.29. The molecule has 1 N–H and O–H groups in total. The van der Waals surface area contributed by atoms with Gasteiger partial charge in [-0.1, -0.05) is 13.8 Å². The molecule has 0 unspecified atom stereocenters. The van der Waals surface area contributed by atoms with Crippen LogP contribution in [0.1, 0.15) is 35.0 Å². The molecule has 0 saturated heterocycles. The number of nitrogens with zero attached hydrogens (tertiary/aromatic N) is 1. The summed E-state index contributed by atoms with van der Waals surface area (Å²) >= 11 is 1.48. The number of ether oxygens (including phenoxy) is 2. The lowest BCUT2D eigenvalue weighted by molar-refractivity contribution is 0.102. The second-order valence-electron chi connectivity index (χ2n) is 4.75. The van der Waals surface area contributed by atoms with Gasteiger partial charge in [-0.05, 0) is 24.1 Å². The maximum atomic E-state index is 12.2. The van der Waals surface area contributed by atoms with Gasteiger partial charge >= 0.3 is 0 Å². The first-order chi connectivity index (χ1) is 10.0. The topological polar surface area (TPSA) is 60.5 Å². The van der Waals surface area contributed by atoms with Gasteiger partial charge in [0.25, 0.3) is 5.91 Å². The van der Waals surface area contributed by atoms with Gasteiger partial charge in [0, 0.05) is 16.6 Å². The molecule has 0 aliphatic carbocycles. The van der Waals surface area contributed by atoms with Crippen LogP contribution < -0.4 is 14.8 Å². The van der Waals surface area contributed by atoms with E-state index in [9.17, 15) is 4.79 Å². The molecular formula is C15H18N2O3S. The molecule has 21 heavy (non-hydrogen) atoms. The van der Waals surface area contributed by atoms with Crippen LogP contribution >= 0.6 is 11.3 Å². The van der Waals surface area contributed by atoms with Gasteiger partial charge in [0.1, 0.15) is 0 Å². The minimum absolute atomic E-state index is 0.222. The van der Waals surface area contributed by atoms with Crippen LogP contribution in [0.15, 0.2) is 24.4 Å². The van der Waals surface area contributed by atoms with Gasteiger partial charge in [0.2, 0.25) is 0 Å². The van der Waals surface area contributed by atoms with Crippen LogP contribution in [0.4, 0.5) is 5.13 Å². The second kappa shape index (κ2) is 6.58. The first kappa shape index (κ1) is 15.3. The molecule has 0 fully saturated rings. The normalized spacial score (nSPS) is 10.5. The van der Waals surface area contributed by atoms with Gasteiger partial charge in [0.05, 0.1) is 14.2 Å². The van der Waals surface area contributed by atoms with Crippen molar-refractivity contribution >= 4 is 22.4 Å². The van der Waals surface area contributed by atoms with Gasteiger partial charge in [-0.3, -0.25) is 10.1 Å². The van der Waals surface area contributed by atoms with Crippen molar-refractivity contribution in [2.24, 2.45) is 0 Å². The van der Waals surface area contributed by atoms with Gasteiger partial charge in [0.15, 0.2) is 16.6 Å². The Bertz CT molecular complexity index is 638. The Balaban J connectivity index is 2.16. The van der Waals surface area contributed by atoms with Crippen LogP contribution in [0.25, 0.3) is 0 Å². The van der Waals surface area contributed by atoms with Crippen LogP contribution in [0, 0.1) is 0 Å². The number of aromatic nitrogens is 1. The molecule has 1 heterocycles. The summed E-state index contributed by atoms with van der Waals surface area (Å²) in [4.78, 5) is 17.6. The molecular weight excluding hydrogens is 288 g/mol. The number of thiazole rings is 1. The maximum Gasteiger partial charge on any atom is 0.257 e. The van der Waals surface area contributed by atoms with Crippen molar-refractivity contribution in [3.05, 3.63) is 34.8 Å². The average Bonchev–Trinajstić information content (AvgIpc) is 2.95. The van der Waals surface area contributed by atoms with Crippen molar-refractivity contribution < 1.29 is 14.3 Å². The van der Waals surface area contributed by atoms with Crippen LogP contribution in [0.2, 0.25) is 0 Å². The van der Waals surface area contributed by atoms with E-state index in [0.717, 1.165) is 4.88 Å². The summed E-state index contributed by atoms with van der Waals surface area (Å²) in [5.41, 5.74) is 0.494. The highest BCUT2D eigenvalue weighted by molar-refractivity contribution is 7.15. The smallest absolute Gasteiger partial charge is 0.257 e. The largest absolute Gasteiger partial charge is 0.493 e. The lowest BCUT2D eigenvalue weighted by Crippen LogP contribution is -2.11. The molecule has 0 aliphatic rings. The average molecular weight is 306 g/mol. The fourth-order valence-electron chi connectivity index (χ4n) is 1.76.